The van der Waals surface area contributed by atoms with Crippen LogP contribution in [0, 0.1) is 0 Å². The fraction of sp³-hybridized carbons (Fsp3) is 0.560. The quantitative estimate of drug-likeness (QED) is 0.543. The zero-order chi connectivity index (χ0) is 28.7. The van der Waals surface area contributed by atoms with Gasteiger partial charge in [0.15, 0.2) is 11.6 Å². The third kappa shape index (κ3) is 6.04. The van der Waals surface area contributed by atoms with Crippen molar-refractivity contribution in [1.82, 2.24) is 20.3 Å². The summed E-state index contributed by atoms with van der Waals surface area (Å²) < 4.78 is 56.0. The van der Waals surface area contributed by atoms with Gasteiger partial charge in [-0.25, -0.2) is 19.7 Å². The Labute approximate surface area is 228 Å². The smallest absolute Gasteiger partial charge is 0.408 e. The number of aromatic nitrogens is 3. The summed E-state index contributed by atoms with van der Waals surface area (Å²) in [4.78, 5) is 41.9. The van der Waals surface area contributed by atoms with Crippen molar-refractivity contribution in [2.45, 2.75) is 63.8 Å². The lowest BCUT2D eigenvalue weighted by molar-refractivity contribution is -0.149. The van der Waals surface area contributed by atoms with E-state index < -0.39 is 35.8 Å². The van der Waals surface area contributed by atoms with Gasteiger partial charge in [-0.15, -0.1) is 0 Å². The first-order valence-corrected chi connectivity index (χ1v) is 12.9. The van der Waals surface area contributed by atoms with Crippen LogP contribution in [0.2, 0.25) is 0 Å². The van der Waals surface area contributed by atoms with E-state index in [4.69, 9.17) is 14.2 Å². The number of piperidine rings is 1. The van der Waals surface area contributed by atoms with Gasteiger partial charge in [0.25, 0.3) is 5.91 Å². The van der Waals surface area contributed by atoms with E-state index in [2.05, 4.69) is 20.3 Å². The number of rotatable bonds is 6. The summed E-state index contributed by atoms with van der Waals surface area (Å²) in [6.07, 6.45) is -0.537. The molecule has 2 aromatic heterocycles. The molecule has 40 heavy (non-hydrogen) atoms. The number of carbonyl (C=O) groups excluding carboxylic acids is 2. The predicted molar refractivity (Wildman–Crippen MR) is 136 cm³/mol. The Morgan fingerprint density at radius 3 is 2.83 bits per heavy atom. The molecule has 2 bridgehead atoms. The van der Waals surface area contributed by atoms with Crippen LogP contribution in [0.25, 0.3) is 0 Å². The lowest BCUT2D eigenvalue weighted by atomic mass is 10.0. The van der Waals surface area contributed by atoms with Crippen molar-refractivity contribution in [2.75, 3.05) is 41.4 Å². The van der Waals surface area contributed by atoms with E-state index in [0.717, 1.165) is 13.3 Å². The maximum absolute atomic E-state index is 13.5. The van der Waals surface area contributed by atoms with Gasteiger partial charge in [-0.05, 0) is 39.7 Å². The molecule has 2 aromatic rings. The molecule has 0 spiro atoms. The van der Waals surface area contributed by atoms with E-state index in [1.807, 2.05) is 24.1 Å². The summed E-state index contributed by atoms with van der Waals surface area (Å²) in [6.45, 7) is 6.33. The Morgan fingerprint density at radius 1 is 1.30 bits per heavy atom. The molecule has 3 amide bonds. The number of urea groups is 1. The highest BCUT2D eigenvalue weighted by atomic mass is 19.4. The summed E-state index contributed by atoms with van der Waals surface area (Å²) >= 11 is 0. The average Bonchev–Trinajstić information content (AvgIpc) is 3.25. The van der Waals surface area contributed by atoms with Crippen LogP contribution in [0.3, 0.4) is 0 Å². The van der Waals surface area contributed by atoms with Gasteiger partial charge in [0.2, 0.25) is 5.82 Å². The van der Waals surface area contributed by atoms with Crippen LogP contribution in [0.1, 0.15) is 44.2 Å². The highest BCUT2D eigenvalue weighted by Gasteiger charge is 2.41. The molecule has 2 saturated heterocycles. The number of carbonyl (C=O) groups is 2. The maximum Gasteiger partial charge on any atom is 0.408 e. The Bertz CT molecular complexity index is 1280. The molecule has 15 heteroatoms. The molecule has 3 aliphatic rings. The lowest BCUT2D eigenvalue weighted by Gasteiger charge is -2.45. The predicted octanol–water partition coefficient (Wildman–Crippen LogP) is 3.10. The number of nitrogens with zero attached hydrogens (tertiary/aromatic N) is 5. The van der Waals surface area contributed by atoms with Gasteiger partial charge < -0.3 is 24.4 Å². The van der Waals surface area contributed by atoms with Crippen molar-refractivity contribution in [3.8, 4) is 5.75 Å². The third-order valence-electron chi connectivity index (χ3n) is 6.81. The van der Waals surface area contributed by atoms with Gasteiger partial charge in [0.1, 0.15) is 30.3 Å². The Balaban J connectivity index is 1.33. The number of alkyl halides is 3. The van der Waals surface area contributed by atoms with E-state index in [9.17, 15) is 22.8 Å². The number of hydrogen-bond acceptors (Lipinski definition) is 9. The zero-order valence-corrected chi connectivity index (χ0v) is 22.2. The van der Waals surface area contributed by atoms with E-state index in [-0.39, 0.29) is 30.4 Å². The molecule has 5 heterocycles. The highest BCUT2D eigenvalue weighted by Crippen LogP contribution is 2.38. The molecule has 3 atom stereocenters. The summed E-state index contributed by atoms with van der Waals surface area (Å²) in [5, 5.41) is 4.61. The van der Waals surface area contributed by atoms with Crippen molar-refractivity contribution in [2.24, 2.45) is 0 Å². The fourth-order valence-corrected chi connectivity index (χ4v) is 4.81. The monoisotopic (exact) mass is 565 g/mol. The van der Waals surface area contributed by atoms with Gasteiger partial charge >= 0.3 is 12.2 Å². The van der Waals surface area contributed by atoms with Crippen molar-refractivity contribution in [3.05, 3.63) is 30.4 Å². The van der Waals surface area contributed by atoms with Gasteiger partial charge in [-0.3, -0.25) is 15.0 Å². The van der Waals surface area contributed by atoms with E-state index in [0.29, 0.717) is 37.6 Å². The van der Waals surface area contributed by atoms with Crippen LogP contribution in [-0.2, 0) is 9.47 Å². The minimum atomic E-state index is -4.63. The number of nitrogens with one attached hydrogen (secondary N) is 2. The van der Waals surface area contributed by atoms with Crippen molar-refractivity contribution in [3.63, 3.8) is 0 Å². The first-order valence-electron chi connectivity index (χ1n) is 12.9. The van der Waals surface area contributed by atoms with E-state index in [1.54, 1.807) is 12.1 Å². The maximum atomic E-state index is 13.5. The van der Waals surface area contributed by atoms with Crippen molar-refractivity contribution in [1.29, 1.82) is 0 Å². The highest BCUT2D eigenvalue weighted by molar-refractivity contribution is 6.04. The topological polar surface area (TPSA) is 131 Å². The molecular formula is C25H30F3N7O5. The molecule has 216 valence electrons. The zero-order valence-electron chi connectivity index (χ0n) is 22.2. The molecule has 0 radical (unpaired) electrons. The second kappa shape index (κ2) is 10.7. The van der Waals surface area contributed by atoms with Crippen LogP contribution in [0.15, 0.2) is 24.5 Å². The van der Waals surface area contributed by atoms with Crippen LogP contribution >= 0.6 is 0 Å². The van der Waals surface area contributed by atoms with E-state index >= 15 is 0 Å². The fourth-order valence-electron chi connectivity index (χ4n) is 4.81. The van der Waals surface area contributed by atoms with E-state index in [1.165, 1.54) is 17.3 Å². The Morgan fingerprint density at radius 2 is 2.10 bits per heavy atom. The summed E-state index contributed by atoms with van der Waals surface area (Å²) in [7, 11) is 0. The molecule has 2 fully saturated rings. The second-order valence-corrected chi connectivity index (χ2v) is 10.3. The first-order chi connectivity index (χ1) is 18.9. The second-order valence-electron chi connectivity index (χ2n) is 10.3. The van der Waals surface area contributed by atoms with Gasteiger partial charge in [0, 0.05) is 25.4 Å². The number of fused-ring (bicyclic) bond motifs is 4. The molecule has 0 aliphatic carbocycles. The number of anilines is 3. The van der Waals surface area contributed by atoms with Crippen molar-refractivity contribution < 1.29 is 37.0 Å². The number of hydrogen-bond donors (Lipinski definition) is 2. The normalized spacial score (nSPS) is 22.4. The minimum absolute atomic E-state index is 0.140. The standard InChI is InChI=1S/C25H30F3N7O5/c1-14(25(26,27)28)31-22(36)20-30-10-18-21(33-20)35(15-5-4-8-34(18)11-15)23(37)32-19-9-16(6-7-29-19)38-12-17-13-39-24(2,3)40-17/h6-7,9-10,14-15,17H,4-5,8,11-13H2,1-3H3,(H,31,36)(H,29,32,37)/t14?,15-,17?/m0/s1. The van der Waals surface area contributed by atoms with Gasteiger partial charge in [0.05, 0.1) is 24.5 Å². The number of ether oxygens (including phenoxy) is 3. The molecule has 0 saturated carbocycles. The summed E-state index contributed by atoms with van der Waals surface area (Å²) in [6, 6.07) is 0.283. The molecule has 2 unspecified atom stereocenters. The number of pyridine rings is 1. The molecule has 5 rings (SSSR count). The van der Waals surface area contributed by atoms with Crippen LogP contribution < -0.4 is 25.2 Å². The van der Waals surface area contributed by atoms with Gasteiger partial charge in [-0.1, -0.05) is 0 Å². The van der Waals surface area contributed by atoms with Crippen LogP contribution in [0.5, 0.6) is 5.75 Å². The van der Waals surface area contributed by atoms with Crippen LogP contribution in [-0.4, -0.2) is 83.3 Å². The Hall–Kier alpha value is -3.72. The minimum Gasteiger partial charge on any atom is -0.491 e. The molecule has 2 N–H and O–H groups in total. The average molecular weight is 566 g/mol. The Kier molecular flexibility index (Phi) is 7.44. The summed E-state index contributed by atoms with van der Waals surface area (Å²) in [5.74, 6) is -1.42. The molecule has 12 nitrogen and oxygen atoms in total. The third-order valence-corrected chi connectivity index (χ3v) is 6.81. The molecular weight excluding hydrogens is 535 g/mol. The number of halogens is 3. The largest absolute Gasteiger partial charge is 0.491 e. The van der Waals surface area contributed by atoms with Crippen molar-refractivity contribution >= 4 is 29.3 Å². The molecule has 0 aromatic carbocycles. The van der Waals surface area contributed by atoms with Crippen LogP contribution in [0.4, 0.5) is 35.3 Å². The molecule has 3 aliphatic heterocycles. The van der Waals surface area contributed by atoms with Gasteiger partial charge in [-0.2, -0.15) is 13.2 Å². The summed E-state index contributed by atoms with van der Waals surface area (Å²) in [5.41, 5.74) is 0.512. The SMILES string of the molecule is CC(NC(=O)c1ncc2c(n1)N(C(=O)Nc1cc(OCC3COC(C)(C)O3)ccn1)[C@H]1CCCN2C1)C(F)(F)F. The first kappa shape index (κ1) is 27.8. The lowest BCUT2D eigenvalue weighted by Crippen LogP contribution is -2.56. The number of amides is 3.